The monoisotopic (exact) mass is 282 g/mol. The number of carbonyl (C=O) groups excluding carboxylic acids is 2. The predicted octanol–water partition coefficient (Wildman–Crippen LogP) is 1.13. The summed E-state index contributed by atoms with van der Waals surface area (Å²) in [7, 11) is 1.41. The first kappa shape index (κ1) is 15.3. The van der Waals surface area contributed by atoms with Crippen LogP contribution in [0.5, 0.6) is 0 Å². The SMILES string of the molecule is COC(=O)C1CCCN1CC(=O)N1CC(C)CC(C)C1. The van der Waals surface area contributed by atoms with E-state index < -0.39 is 0 Å². The molecule has 0 aromatic carbocycles. The molecule has 0 saturated carbocycles. The Hall–Kier alpha value is -1.10. The minimum Gasteiger partial charge on any atom is -0.468 e. The summed E-state index contributed by atoms with van der Waals surface area (Å²) in [4.78, 5) is 28.1. The highest BCUT2D eigenvalue weighted by Crippen LogP contribution is 2.22. The van der Waals surface area contributed by atoms with Crippen molar-refractivity contribution >= 4 is 11.9 Å². The summed E-state index contributed by atoms with van der Waals surface area (Å²) in [5, 5.41) is 0. The largest absolute Gasteiger partial charge is 0.468 e. The van der Waals surface area contributed by atoms with Crippen molar-refractivity contribution in [2.45, 2.75) is 39.2 Å². The summed E-state index contributed by atoms with van der Waals surface area (Å²) in [6.07, 6.45) is 2.95. The van der Waals surface area contributed by atoms with Crippen LogP contribution in [0.4, 0.5) is 0 Å². The number of amides is 1. The molecular formula is C15H26N2O3. The molecule has 0 aliphatic carbocycles. The summed E-state index contributed by atoms with van der Waals surface area (Å²) < 4.78 is 4.82. The first-order chi connectivity index (χ1) is 9.51. The Labute approximate surface area is 121 Å². The number of piperidine rings is 1. The Morgan fingerprint density at radius 2 is 1.85 bits per heavy atom. The maximum atomic E-state index is 12.4. The molecule has 2 heterocycles. The molecule has 0 N–H and O–H groups in total. The number of esters is 1. The van der Waals surface area contributed by atoms with Crippen molar-refractivity contribution in [3.05, 3.63) is 0 Å². The van der Waals surface area contributed by atoms with Gasteiger partial charge in [-0.05, 0) is 37.6 Å². The van der Waals surface area contributed by atoms with Gasteiger partial charge in [0.25, 0.3) is 0 Å². The lowest BCUT2D eigenvalue weighted by Gasteiger charge is -2.36. The maximum absolute atomic E-state index is 12.4. The van der Waals surface area contributed by atoms with Gasteiger partial charge in [-0.25, -0.2) is 0 Å². The summed E-state index contributed by atoms with van der Waals surface area (Å²) in [5.41, 5.74) is 0. The van der Waals surface area contributed by atoms with E-state index in [1.165, 1.54) is 13.5 Å². The van der Waals surface area contributed by atoms with Crippen molar-refractivity contribution in [3.63, 3.8) is 0 Å². The zero-order chi connectivity index (χ0) is 14.7. The van der Waals surface area contributed by atoms with Crippen molar-refractivity contribution in [1.29, 1.82) is 0 Å². The number of likely N-dealkylation sites (tertiary alicyclic amines) is 2. The average Bonchev–Trinajstić information content (AvgIpc) is 2.84. The highest BCUT2D eigenvalue weighted by Gasteiger charge is 2.34. The molecule has 2 saturated heterocycles. The van der Waals surface area contributed by atoms with Gasteiger partial charge in [0.15, 0.2) is 0 Å². The Kier molecular flexibility index (Phi) is 5.02. The maximum Gasteiger partial charge on any atom is 0.323 e. The highest BCUT2D eigenvalue weighted by molar-refractivity contribution is 5.81. The van der Waals surface area contributed by atoms with Crippen LogP contribution >= 0.6 is 0 Å². The zero-order valence-corrected chi connectivity index (χ0v) is 12.8. The number of ether oxygens (including phenoxy) is 1. The Bertz CT molecular complexity index is 362. The topological polar surface area (TPSA) is 49.9 Å². The van der Waals surface area contributed by atoms with Crippen molar-refractivity contribution in [2.75, 3.05) is 33.3 Å². The van der Waals surface area contributed by atoms with Gasteiger partial charge in [0.2, 0.25) is 5.91 Å². The summed E-state index contributed by atoms with van der Waals surface area (Å²) >= 11 is 0. The quantitative estimate of drug-likeness (QED) is 0.728. The molecule has 2 aliphatic rings. The molecule has 0 aromatic heterocycles. The van der Waals surface area contributed by atoms with Gasteiger partial charge in [-0.1, -0.05) is 13.8 Å². The highest BCUT2D eigenvalue weighted by atomic mass is 16.5. The van der Waals surface area contributed by atoms with Crippen LogP contribution in [0.15, 0.2) is 0 Å². The van der Waals surface area contributed by atoms with E-state index in [0.717, 1.165) is 32.5 Å². The smallest absolute Gasteiger partial charge is 0.323 e. The van der Waals surface area contributed by atoms with E-state index in [9.17, 15) is 9.59 Å². The lowest BCUT2D eigenvalue weighted by atomic mass is 9.92. The summed E-state index contributed by atoms with van der Waals surface area (Å²) in [6.45, 7) is 7.25. The lowest BCUT2D eigenvalue weighted by molar-refractivity contribution is -0.147. The minimum atomic E-state index is -0.233. The Balaban J connectivity index is 1.92. The van der Waals surface area contributed by atoms with E-state index in [1.54, 1.807) is 0 Å². The third kappa shape index (κ3) is 3.51. The lowest BCUT2D eigenvalue weighted by Crippen LogP contribution is -2.49. The molecule has 5 nitrogen and oxygen atoms in total. The molecular weight excluding hydrogens is 256 g/mol. The van der Waals surface area contributed by atoms with Crippen LogP contribution in [0, 0.1) is 11.8 Å². The van der Waals surface area contributed by atoms with E-state index in [4.69, 9.17) is 4.74 Å². The minimum absolute atomic E-state index is 0.152. The predicted molar refractivity (Wildman–Crippen MR) is 76.1 cm³/mol. The van der Waals surface area contributed by atoms with Crippen LogP contribution in [0.1, 0.15) is 33.1 Å². The van der Waals surface area contributed by atoms with Crippen LogP contribution < -0.4 is 0 Å². The first-order valence-corrected chi connectivity index (χ1v) is 7.61. The third-order valence-electron chi connectivity index (χ3n) is 4.40. The van der Waals surface area contributed by atoms with E-state index in [-0.39, 0.29) is 17.9 Å². The molecule has 0 bridgehead atoms. The molecule has 5 heteroatoms. The van der Waals surface area contributed by atoms with Crippen LogP contribution in [-0.4, -0.2) is 61.0 Å². The van der Waals surface area contributed by atoms with Gasteiger partial charge >= 0.3 is 5.97 Å². The van der Waals surface area contributed by atoms with Gasteiger partial charge in [-0.15, -0.1) is 0 Å². The second-order valence-electron chi connectivity index (χ2n) is 6.40. The second-order valence-corrected chi connectivity index (χ2v) is 6.40. The number of hydrogen-bond acceptors (Lipinski definition) is 4. The molecule has 2 fully saturated rings. The van der Waals surface area contributed by atoms with Crippen LogP contribution in [0.2, 0.25) is 0 Å². The van der Waals surface area contributed by atoms with Gasteiger partial charge in [-0.3, -0.25) is 14.5 Å². The van der Waals surface area contributed by atoms with Crippen molar-refractivity contribution in [3.8, 4) is 0 Å². The van der Waals surface area contributed by atoms with Crippen LogP contribution in [0.25, 0.3) is 0 Å². The normalized spacial score (nSPS) is 31.4. The van der Waals surface area contributed by atoms with Gasteiger partial charge in [-0.2, -0.15) is 0 Å². The number of carbonyl (C=O) groups is 2. The van der Waals surface area contributed by atoms with E-state index in [0.29, 0.717) is 18.4 Å². The average molecular weight is 282 g/mol. The first-order valence-electron chi connectivity index (χ1n) is 7.61. The second kappa shape index (κ2) is 6.57. The molecule has 1 amide bonds. The van der Waals surface area contributed by atoms with Crippen LogP contribution in [0.3, 0.4) is 0 Å². The van der Waals surface area contributed by atoms with E-state index in [2.05, 4.69) is 13.8 Å². The number of rotatable bonds is 3. The molecule has 2 aliphatic heterocycles. The van der Waals surface area contributed by atoms with Crippen molar-refractivity contribution < 1.29 is 14.3 Å². The Morgan fingerprint density at radius 3 is 2.45 bits per heavy atom. The number of methoxy groups -OCH3 is 1. The van der Waals surface area contributed by atoms with E-state index in [1.807, 2.05) is 9.80 Å². The molecule has 0 aromatic rings. The fraction of sp³-hybridized carbons (Fsp3) is 0.867. The molecule has 0 spiro atoms. The fourth-order valence-corrected chi connectivity index (χ4v) is 3.56. The molecule has 20 heavy (non-hydrogen) atoms. The number of hydrogen-bond donors (Lipinski definition) is 0. The zero-order valence-electron chi connectivity index (χ0n) is 12.8. The number of nitrogens with zero attached hydrogens (tertiary/aromatic N) is 2. The van der Waals surface area contributed by atoms with Gasteiger partial charge in [0.1, 0.15) is 6.04 Å². The summed E-state index contributed by atoms with van der Waals surface area (Å²) in [6, 6.07) is -0.233. The molecule has 3 atom stereocenters. The van der Waals surface area contributed by atoms with Gasteiger partial charge in [0, 0.05) is 13.1 Å². The molecule has 0 radical (unpaired) electrons. The summed E-state index contributed by atoms with van der Waals surface area (Å²) in [5.74, 6) is 1.07. The standard InChI is InChI=1S/C15H26N2O3/c1-11-7-12(2)9-17(8-11)14(18)10-16-6-4-5-13(16)15(19)20-3/h11-13H,4-10H2,1-3H3. The van der Waals surface area contributed by atoms with Gasteiger partial charge < -0.3 is 9.64 Å². The molecule has 3 unspecified atom stereocenters. The molecule has 2 rings (SSSR count). The van der Waals surface area contributed by atoms with Crippen molar-refractivity contribution in [1.82, 2.24) is 9.80 Å². The Morgan fingerprint density at radius 1 is 1.20 bits per heavy atom. The fourth-order valence-electron chi connectivity index (χ4n) is 3.56. The third-order valence-corrected chi connectivity index (χ3v) is 4.40. The van der Waals surface area contributed by atoms with Crippen LogP contribution in [-0.2, 0) is 14.3 Å². The van der Waals surface area contributed by atoms with E-state index >= 15 is 0 Å². The molecule has 114 valence electrons. The van der Waals surface area contributed by atoms with Crippen molar-refractivity contribution in [2.24, 2.45) is 11.8 Å². The van der Waals surface area contributed by atoms with Gasteiger partial charge in [0.05, 0.1) is 13.7 Å².